The van der Waals surface area contributed by atoms with Gasteiger partial charge in [-0.05, 0) is 74.5 Å². The highest BCUT2D eigenvalue weighted by Gasteiger charge is 2.33. The first-order valence-corrected chi connectivity index (χ1v) is 12.5. The number of hydrogen-bond acceptors (Lipinski definition) is 1. The van der Waals surface area contributed by atoms with Gasteiger partial charge < -0.3 is 4.74 Å². The lowest BCUT2D eigenvalue weighted by atomic mass is 9.71. The van der Waals surface area contributed by atoms with E-state index in [1.807, 2.05) is 0 Å². The molecule has 0 saturated heterocycles. The van der Waals surface area contributed by atoms with E-state index in [-0.39, 0.29) is 0 Å². The Morgan fingerprint density at radius 2 is 1.48 bits per heavy atom. The van der Waals surface area contributed by atoms with Crippen molar-refractivity contribution >= 4 is 0 Å². The Labute approximate surface area is 170 Å². The number of ether oxygens (including phenoxy) is 1. The third-order valence-electron chi connectivity index (χ3n) is 7.69. The van der Waals surface area contributed by atoms with Gasteiger partial charge in [0.25, 0.3) is 0 Å². The molecule has 2 fully saturated rings. The molecule has 0 bridgehead atoms. The average Bonchev–Trinajstić information content (AvgIpc) is 2.69. The Hall–Kier alpha value is -0.300. The lowest BCUT2D eigenvalue weighted by Gasteiger charge is -2.39. The highest BCUT2D eigenvalue weighted by molar-refractivity contribution is 4.99. The maximum Gasteiger partial charge on any atom is 0.0603 e. The van der Waals surface area contributed by atoms with Crippen LogP contribution in [0.15, 0.2) is 12.2 Å². The molecule has 0 amide bonds. The molecule has 0 spiro atoms. The van der Waals surface area contributed by atoms with Crippen LogP contribution < -0.4 is 0 Å². The molecule has 27 heavy (non-hydrogen) atoms. The van der Waals surface area contributed by atoms with Gasteiger partial charge in [-0.2, -0.15) is 0 Å². The monoisotopic (exact) mass is 376 g/mol. The largest absolute Gasteiger partial charge is 0.378 e. The predicted molar refractivity (Wildman–Crippen MR) is 119 cm³/mol. The molecule has 0 aromatic heterocycles. The van der Waals surface area contributed by atoms with Gasteiger partial charge in [0.1, 0.15) is 0 Å². The summed E-state index contributed by atoms with van der Waals surface area (Å²) in [7, 11) is 0. The quantitative estimate of drug-likeness (QED) is 0.261. The Morgan fingerprint density at radius 3 is 2.19 bits per heavy atom. The van der Waals surface area contributed by atoms with Crippen molar-refractivity contribution in [3.8, 4) is 0 Å². The number of allylic oxidation sites excluding steroid dienone is 2. The van der Waals surface area contributed by atoms with E-state index in [1.54, 1.807) is 0 Å². The van der Waals surface area contributed by atoms with Gasteiger partial charge in [0, 0.05) is 6.61 Å². The molecule has 2 rings (SSSR count). The molecule has 0 aromatic carbocycles. The van der Waals surface area contributed by atoms with Crippen LogP contribution in [0, 0.1) is 29.6 Å². The van der Waals surface area contributed by atoms with Crippen molar-refractivity contribution in [2.45, 2.75) is 117 Å². The second-order valence-corrected chi connectivity index (χ2v) is 9.74. The molecule has 4 atom stereocenters. The first-order valence-electron chi connectivity index (χ1n) is 12.5. The van der Waals surface area contributed by atoms with Gasteiger partial charge in [0.2, 0.25) is 0 Å². The molecule has 2 aliphatic carbocycles. The van der Waals surface area contributed by atoms with E-state index in [4.69, 9.17) is 4.74 Å². The molecule has 0 aromatic rings. The van der Waals surface area contributed by atoms with Gasteiger partial charge in [-0.3, -0.25) is 0 Å². The van der Waals surface area contributed by atoms with E-state index in [2.05, 4.69) is 39.8 Å². The molecule has 2 saturated carbocycles. The maximum atomic E-state index is 6.27. The second kappa shape index (κ2) is 13.0. The Kier molecular flexibility index (Phi) is 11.1. The zero-order valence-electron chi connectivity index (χ0n) is 18.9. The molecular weight excluding hydrogens is 328 g/mol. The molecule has 2 aliphatic rings. The van der Waals surface area contributed by atoms with Gasteiger partial charge in [0.15, 0.2) is 0 Å². The highest BCUT2D eigenvalue weighted by Crippen LogP contribution is 2.38. The van der Waals surface area contributed by atoms with E-state index in [0.717, 1.165) is 30.3 Å². The van der Waals surface area contributed by atoms with Gasteiger partial charge >= 0.3 is 0 Å². The van der Waals surface area contributed by atoms with Crippen molar-refractivity contribution in [3.63, 3.8) is 0 Å². The average molecular weight is 377 g/mol. The van der Waals surface area contributed by atoms with Gasteiger partial charge in [-0.15, -0.1) is 0 Å². The van der Waals surface area contributed by atoms with Gasteiger partial charge in [-0.25, -0.2) is 0 Å². The number of hydrogen-bond donors (Lipinski definition) is 0. The van der Waals surface area contributed by atoms with Crippen molar-refractivity contribution in [3.05, 3.63) is 12.2 Å². The zero-order valence-corrected chi connectivity index (χ0v) is 18.9. The van der Waals surface area contributed by atoms with Crippen LogP contribution in [0.5, 0.6) is 0 Å². The summed E-state index contributed by atoms with van der Waals surface area (Å²) in [4.78, 5) is 0. The Morgan fingerprint density at radius 1 is 0.741 bits per heavy atom. The third-order valence-corrected chi connectivity index (χ3v) is 7.69. The minimum absolute atomic E-state index is 0.500. The van der Waals surface area contributed by atoms with Crippen molar-refractivity contribution in [1.29, 1.82) is 0 Å². The van der Waals surface area contributed by atoms with E-state index >= 15 is 0 Å². The van der Waals surface area contributed by atoms with Crippen LogP contribution in [0.25, 0.3) is 0 Å². The molecular formula is C26H48O. The lowest BCUT2D eigenvalue weighted by Crippen LogP contribution is -2.36. The van der Waals surface area contributed by atoms with Gasteiger partial charge in [-0.1, -0.05) is 78.4 Å². The van der Waals surface area contributed by atoms with Crippen LogP contribution in [-0.4, -0.2) is 12.7 Å². The summed E-state index contributed by atoms with van der Waals surface area (Å²) in [6.45, 7) is 10.5. The SMILES string of the molecule is CCCCCCOC1CCC(C=CC2CCC(CCCC)CC2)C(C)C1C. The smallest absolute Gasteiger partial charge is 0.0603 e. The summed E-state index contributed by atoms with van der Waals surface area (Å²) < 4.78 is 6.27. The number of rotatable bonds is 11. The summed E-state index contributed by atoms with van der Waals surface area (Å²) in [5, 5.41) is 0. The standard InChI is InChI=1S/C26H48O/c1-5-7-9-10-20-27-26-19-18-25(21(3)22(26)4)17-16-24-14-12-23(13-15-24)11-8-6-2/h16-17,21-26H,5-15,18-20H2,1-4H3. The summed E-state index contributed by atoms with van der Waals surface area (Å²) in [5.74, 6) is 4.12. The second-order valence-electron chi connectivity index (χ2n) is 9.74. The first kappa shape index (κ1) is 23.0. The molecule has 0 heterocycles. The summed E-state index contributed by atoms with van der Waals surface area (Å²) in [6, 6.07) is 0. The Balaban J connectivity index is 1.68. The summed E-state index contributed by atoms with van der Waals surface area (Å²) in [6.07, 6.45) is 23.6. The van der Waals surface area contributed by atoms with Crippen LogP contribution >= 0.6 is 0 Å². The molecule has 1 heteroatoms. The zero-order chi connectivity index (χ0) is 19.5. The van der Waals surface area contributed by atoms with Crippen LogP contribution in [0.2, 0.25) is 0 Å². The van der Waals surface area contributed by atoms with Crippen molar-refractivity contribution in [2.24, 2.45) is 29.6 Å². The molecule has 0 aliphatic heterocycles. The van der Waals surface area contributed by atoms with E-state index < -0.39 is 0 Å². The Bertz CT molecular complexity index is 393. The normalized spacial score (nSPS) is 35.0. The van der Waals surface area contributed by atoms with Crippen LogP contribution in [-0.2, 0) is 4.74 Å². The van der Waals surface area contributed by atoms with Crippen molar-refractivity contribution in [2.75, 3.05) is 6.61 Å². The predicted octanol–water partition coefficient (Wildman–Crippen LogP) is 8.19. The minimum Gasteiger partial charge on any atom is -0.378 e. The van der Waals surface area contributed by atoms with E-state index in [0.29, 0.717) is 12.0 Å². The summed E-state index contributed by atoms with van der Waals surface area (Å²) in [5.41, 5.74) is 0. The van der Waals surface area contributed by atoms with Crippen molar-refractivity contribution in [1.82, 2.24) is 0 Å². The van der Waals surface area contributed by atoms with Crippen LogP contribution in [0.1, 0.15) is 111 Å². The fourth-order valence-electron chi connectivity index (χ4n) is 5.34. The van der Waals surface area contributed by atoms with Crippen LogP contribution in [0.3, 0.4) is 0 Å². The van der Waals surface area contributed by atoms with Crippen molar-refractivity contribution < 1.29 is 4.74 Å². The topological polar surface area (TPSA) is 9.23 Å². The minimum atomic E-state index is 0.500. The lowest BCUT2D eigenvalue weighted by molar-refractivity contribution is -0.0353. The molecule has 1 nitrogen and oxygen atoms in total. The van der Waals surface area contributed by atoms with Crippen LogP contribution in [0.4, 0.5) is 0 Å². The molecule has 4 unspecified atom stereocenters. The molecule has 0 radical (unpaired) electrons. The summed E-state index contributed by atoms with van der Waals surface area (Å²) >= 11 is 0. The fraction of sp³-hybridized carbons (Fsp3) is 0.923. The first-order chi connectivity index (χ1) is 13.2. The number of unbranched alkanes of at least 4 members (excludes halogenated alkanes) is 4. The molecule has 158 valence electrons. The highest BCUT2D eigenvalue weighted by atomic mass is 16.5. The fourth-order valence-corrected chi connectivity index (χ4v) is 5.34. The maximum absolute atomic E-state index is 6.27. The van der Waals surface area contributed by atoms with Gasteiger partial charge in [0.05, 0.1) is 6.10 Å². The van der Waals surface area contributed by atoms with E-state index in [9.17, 15) is 0 Å². The third kappa shape index (κ3) is 7.92. The van der Waals surface area contributed by atoms with E-state index in [1.165, 1.54) is 83.5 Å². The molecule has 0 N–H and O–H groups in total.